The van der Waals surface area contributed by atoms with Gasteiger partial charge in [-0.05, 0) is 99.5 Å². The maximum Gasteiger partial charge on any atom is 0.248 e. The van der Waals surface area contributed by atoms with Crippen molar-refractivity contribution in [2.45, 2.75) is 27.7 Å². The molecule has 0 fully saturated rings. The van der Waals surface area contributed by atoms with Gasteiger partial charge in [-0.1, -0.05) is 28.1 Å². The van der Waals surface area contributed by atoms with E-state index < -0.39 is 0 Å². The molecule has 0 atom stereocenters. The molecule has 0 bridgehead atoms. The van der Waals surface area contributed by atoms with Gasteiger partial charge in [0.2, 0.25) is 5.91 Å². The lowest BCUT2D eigenvalue weighted by atomic mass is 10.1. The van der Waals surface area contributed by atoms with Crippen LogP contribution >= 0.6 is 15.9 Å². The van der Waals surface area contributed by atoms with Crippen molar-refractivity contribution in [1.29, 1.82) is 0 Å². The third-order valence-corrected chi connectivity index (χ3v) is 7.19. The van der Waals surface area contributed by atoms with E-state index in [1.807, 2.05) is 55.5 Å². The summed E-state index contributed by atoms with van der Waals surface area (Å²) in [6.45, 7) is 10.2. The summed E-state index contributed by atoms with van der Waals surface area (Å²) in [6, 6.07) is 21.7. The van der Waals surface area contributed by atoms with Gasteiger partial charge in [0.1, 0.15) is 22.6 Å². The van der Waals surface area contributed by atoms with Crippen LogP contribution in [-0.2, 0) is 4.79 Å². The van der Waals surface area contributed by atoms with Crippen LogP contribution in [0, 0.1) is 13.8 Å². The lowest BCUT2D eigenvalue weighted by Crippen LogP contribution is -2.21. The number of aryl methyl sites for hydroxylation is 2. The molecule has 0 aliphatic heterocycles. The molecule has 5 aromatic rings. The van der Waals surface area contributed by atoms with Crippen molar-refractivity contribution < 1.29 is 9.21 Å². The average Bonchev–Trinajstić information content (AvgIpc) is 3.56. The van der Waals surface area contributed by atoms with Crippen LogP contribution in [0.25, 0.3) is 34.1 Å². The Hall–Kier alpha value is -4.17. The largest absolute Gasteiger partial charge is 0.457 e. The lowest BCUT2D eigenvalue weighted by molar-refractivity contribution is -0.111. The molecule has 8 heteroatoms. The van der Waals surface area contributed by atoms with Crippen LogP contribution in [-0.4, -0.2) is 34.0 Å². The first-order valence-corrected chi connectivity index (χ1v) is 13.7. The van der Waals surface area contributed by atoms with E-state index in [0.717, 1.165) is 51.2 Å². The molecule has 39 heavy (non-hydrogen) atoms. The minimum atomic E-state index is -0.255. The van der Waals surface area contributed by atoms with Crippen LogP contribution in [0.15, 0.2) is 81.7 Å². The molecule has 0 radical (unpaired) electrons. The molecular formula is C31H30BrN5O2. The standard InChI is InChI=1S/C31H30BrN5O2/c1-5-36(6-2)24-11-14-29(21(4)17-24)37-34-27-18-20(3)26(19-28(27)35-37)33-31(38)16-13-25-12-15-30(39-25)22-7-9-23(32)10-8-22/h7-19H,5-6H2,1-4H3,(H,33,38)/b16-13+. The summed E-state index contributed by atoms with van der Waals surface area (Å²) < 4.78 is 6.88. The molecule has 0 aliphatic rings. The molecule has 0 saturated carbocycles. The Labute approximate surface area is 236 Å². The summed E-state index contributed by atoms with van der Waals surface area (Å²) in [4.78, 5) is 16.7. The minimum absolute atomic E-state index is 0.255. The zero-order valence-electron chi connectivity index (χ0n) is 22.4. The van der Waals surface area contributed by atoms with Crippen molar-refractivity contribution in [2.24, 2.45) is 0 Å². The second kappa shape index (κ2) is 11.3. The molecular weight excluding hydrogens is 554 g/mol. The highest BCUT2D eigenvalue weighted by Crippen LogP contribution is 2.26. The number of nitrogens with one attached hydrogen (secondary N) is 1. The van der Waals surface area contributed by atoms with E-state index in [1.165, 1.54) is 11.8 Å². The van der Waals surface area contributed by atoms with Gasteiger partial charge in [-0.25, -0.2) is 0 Å². The molecule has 7 nitrogen and oxygen atoms in total. The molecule has 3 aromatic carbocycles. The van der Waals surface area contributed by atoms with E-state index in [4.69, 9.17) is 14.6 Å². The third kappa shape index (κ3) is 5.81. The second-order valence-corrected chi connectivity index (χ2v) is 10.2. The number of hydrogen-bond donors (Lipinski definition) is 1. The quantitative estimate of drug-likeness (QED) is 0.191. The van der Waals surface area contributed by atoms with E-state index in [2.05, 4.69) is 65.1 Å². The van der Waals surface area contributed by atoms with Gasteiger partial charge in [0.25, 0.3) is 0 Å². The van der Waals surface area contributed by atoms with Crippen LogP contribution in [0.5, 0.6) is 0 Å². The van der Waals surface area contributed by atoms with Gasteiger partial charge < -0.3 is 14.6 Å². The Balaban J connectivity index is 1.31. The van der Waals surface area contributed by atoms with Gasteiger partial charge in [-0.2, -0.15) is 4.80 Å². The molecule has 2 aromatic heterocycles. The molecule has 1 N–H and O–H groups in total. The fourth-order valence-corrected chi connectivity index (χ4v) is 4.77. The zero-order valence-corrected chi connectivity index (χ0v) is 24.0. The topological polar surface area (TPSA) is 76.2 Å². The van der Waals surface area contributed by atoms with E-state index >= 15 is 0 Å². The fraction of sp³-hybridized carbons (Fsp3) is 0.194. The van der Waals surface area contributed by atoms with E-state index in [-0.39, 0.29) is 5.91 Å². The molecule has 0 unspecified atom stereocenters. The van der Waals surface area contributed by atoms with E-state index in [0.29, 0.717) is 17.0 Å². The highest BCUT2D eigenvalue weighted by atomic mass is 79.9. The van der Waals surface area contributed by atoms with Crippen LogP contribution in [0.3, 0.4) is 0 Å². The predicted octanol–water partition coefficient (Wildman–Crippen LogP) is 7.56. The minimum Gasteiger partial charge on any atom is -0.457 e. The summed E-state index contributed by atoms with van der Waals surface area (Å²) in [5.41, 5.74) is 7.24. The van der Waals surface area contributed by atoms with Gasteiger partial charge in [0.05, 0.1) is 5.69 Å². The SMILES string of the molecule is CCN(CC)c1ccc(-n2nc3cc(C)c(NC(=O)/C=C/c4ccc(-c5ccc(Br)cc5)o4)cc3n2)c(C)c1. The number of rotatable bonds is 8. The van der Waals surface area contributed by atoms with Crippen LogP contribution in [0.1, 0.15) is 30.7 Å². The molecule has 198 valence electrons. The summed E-state index contributed by atoms with van der Waals surface area (Å²) >= 11 is 3.44. The number of amides is 1. The van der Waals surface area contributed by atoms with Crippen LogP contribution < -0.4 is 10.2 Å². The number of aromatic nitrogens is 3. The van der Waals surface area contributed by atoms with Crippen molar-refractivity contribution in [1.82, 2.24) is 15.0 Å². The molecule has 2 heterocycles. The molecule has 0 saturated heterocycles. The number of carbonyl (C=O) groups is 1. The first-order chi connectivity index (χ1) is 18.8. The summed E-state index contributed by atoms with van der Waals surface area (Å²) in [7, 11) is 0. The molecule has 5 rings (SSSR count). The van der Waals surface area contributed by atoms with Gasteiger partial charge in [0.15, 0.2) is 0 Å². The highest BCUT2D eigenvalue weighted by molar-refractivity contribution is 9.10. The number of carbonyl (C=O) groups excluding carboxylic acids is 1. The van der Waals surface area contributed by atoms with Crippen molar-refractivity contribution >= 4 is 50.3 Å². The number of halogens is 1. The van der Waals surface area contributed by atoms with Crippen molar-refractivity contribution in [3.63, 3.8) is 0 Å². The monoisotopic (exact) mass is 583 g/mol. The number of benzene rings is 3. The molecule has 0 aliphatic carbocycles. The first kappa shape index (κ1) is 26.4. The Kier molecular flexibility index (Phi) is 7.65. The maximum atomic E-state index is 12.7. The number of hydrogen-bond acceptors (Lipinski definition) is 5. The summed E-state index contributed by atoms with van der Waals surface area (Å²) in [5, 5.41) is 12.4. The van der Waals surface area contributed by atoms with Crippen molar-refractivity contribution in [3.8, 4) is 17.0 Å². The van der Waals surface area contributed by atoms with Crippen molar-refractivity contribution in [3.05, 3.63) is 94.2 Å². The van der Waals surface area contributed by atoms with Crippen LogP contribution in [0.2, 0.25) is 0 Å². The van der Waals surface area contributed by atoms with E-state index in [9.17, 15) is 4.79 Å². The lowest BCUT2D eigenvalue weighted by Gasteiger charge is -2.22. The van der Waals surface area contributed by atoms with Gasteiger partial charge in [-0.3, -0.25) is 4.79 Å². The number of anilines is 2. The Morgan fingerprint density at radius 1 is 0.949 bits per heavy atom. The maximum absolute atomic E-state index is 12.7. The summed E-state index contributed by atoms with van der Waals surface area (Å²) in [5.74, 6) is 1.08. The van der Waals surface area contributed by atoms with Crippen LogP contribution in [0.4, 0.5) is 11.4 Å². The highest BCUT2D eigenvalue weighted by Gasteiger charge is 2.13. The zero-order chi connectivity index (χ0) is 27.5. The summed E-state index contributed by atoms with van der Waals surface area (Å²) in [6.07, 6.45) is 3.12. The van der Waals surface area contributed by atoms with Gasteiger partial charge in [-0.15, -0.1) is 10.2 Å². The molecule has 1 amide bonds. The fourth-order valence-electron chi connectivity index (χ4n) is 4.50. The normalized spacial score (nSPS) is 11.4. The Bertz CT molecular complexity index is 1660. The van der Waals surface area contributed by atoms with E-state index in [1.54, 1.807) is 10.9 Å². The van der Waals surface area contributed by atoms with Gasteiger partial charge in [0, 0.05) is 40.6 Å². The Morgan fingerprint density at radius 3 is 2.36 bits per heavy atom. The van der Waals surface area contributed by atoms with Gasteiger partial charge >= 0.3 is 0 Å². The second-order valence-electron chi connectivity index (χ2n) is 9.32. The number of nitrogens with zero attached hydrogens (tertiary/aromatic N) is 4. The molecule has 0 spiro atoms. The average molecular weight is 585 g/mol. The predicted molar refractivity (Wildman–Crippen MR) is 161 cm³/mol. The Morgan fingerprint density at radius 2 is 1.67 bits per heavy atom. The third-order valence-electron chi connectivity index (χ3n) is 6.66. The smallest absolute Gasteiger partial charge is 0.248 e. The number of fused-ring (bicyclic) bond motifs is 1. The first-order valence-electron chi connectivity index (χ1n) is 12.9. The van der Waals surface area contributed by atoms with Crippen molar-refractivity contribution in [2.75, 3.05) is 23.3 Å². The number of furan rings is 1.